The highest BCUT2D eigenvalue weighted by Crippen LogP contribution is 2.08. The molecule has 0 aliphatic rings. The van der Waals surface area contributed by atoms with E-state index in [-0.39, 0.29) is 32.1 Å². The molecule has 0 saturated heterocycles. The van der Waals surface area contributed by atoms with Gasteiger partial charge in [-0.2, -0.15) is 0 Å². The average Bonchev–Trinajstić information content (AvgIpc) is 3.38. The van der Waals surface area contributed by atoms with Crippen molar-refractivity contribution in [2.75, 3.05) is 13.1 Å². The van der Waals surface area contributed by atoms with Crippen molar-refractivity contribution in [1.82, 2.24) is 25.9 Å². The summed E-state index contributed by atoms with van der Waals surface area (Å²) in [4.78, 5) is 68.2. The lowest BCUT2D eigenvalue weighted by Gasteiger charge is -2.25. The van der Waals surface area contributed by atoms with Gasteiger partial charge in [-0.1, -0.05) is 0 Å². The second-order valence-electron chi connectivity index (χ2n) is 8.98. The van der Waals surface area contributed by atoms with Gasteiger partial charge in [-0.05, 0) is 58.0 Å². The Morgan fingerprint density at radius 1 is 0.842 bits per heavy atom. The van der Waals surface area contributed by atoms with Gasteiger partial charge in [-0.15, -0.1) is 0 Å². The minimum atomic E-state index is -1.26. The van der Waals surface area contributed by atoms with E-state index in [0.29, 0.717) is 44.5 Å². The number of aromatic nitrogens is 2. The van der Waals surface area contributed by atoms with Crippen molar-refractivity contribution in [2.45, 2.75) is 82.0 Å². The minimum Gasteiger partial charge on any atom is -0.480 e. The highest BCUT2D eigenvalue weighted by Gasteiger charge is 2.30. The molecular formula is C23H41N9O6. The van der Waals surface area contributed by atoms with E-state index in [1.807, 2.05) is 0 Å². The normalized spacial score (nSPS) is 14.1. The summed E-state index contributed by atoms with van der Waals surface area (Å²) < 4.78 is 0. The molecule has 15 nitrogen and oxygen atoms in total. The molecule has 0 fully saturated rings. The fraction of sp³-hybridized carbons (Fsp3) is 0.652. The molecule has 1 heterocycles. The van der Waals surface area contributed by atoms with Crippen molar-refractivity contribution in [1.29, 1.82) is 0 Å². The zero-order chi connectivity index (χ0) is 28.5. The number of hydrogen-bond donors (Lipinski definition) is 9. The van der Waals surface area contributed by atoms with Crippen LogP contribution in [0.5, 0.6) is 0 Å². The number of carbonyl (C=O) groups is 5. The molecule has 1 rings (SSSR count). The molecule has 214 valence electrons. The van der Waals surface area contributed by atoms with Crippen molar-refractivity contribution < 1.29 is 29.1 Å². The highest BCUT2D eigenvalue weighted by atomic mass is 16.4. The number of primary amides is 1. The van der Waals surface area contributed by atoms with E-state index in [0.717, 1.165) is 0 Å². The number of hydrogen-bond acceptors (Lipinski definition) is 9. The number of carboxylic acids is 1. The van der Waals surface area contributed by atoms with Crippen LogP contribution in [-0.2, 0) is 30.4 Å². The largest absolute Gasteiger partial charge is 0.480 e. The van der Waals surface area contributed by atoms with Gasteiger partial charge in [0.2, 0.25) is 23.6 Å². The first-order valence-corrected chi connectivity index (χ1v) is 12.6. The lowest BCUT2D eigenvalue weighted by atomic mass is 10.0. The summed E-state index contributed by atoms with van der Waals surface area (Å²) in [6, 6.07) is -4.43. The smallest absolute Gasteiger partial charge is 0.326 e. The minimum absolute atomic E-state index is 0.00926. The summed E-state index contributed by atoms with van der Waals surface area (Å²) in [5, 5.41) is 17.3. The molecule has 0 bridgehead atoms. The van der Waals surface area contributed by atoms with Crippen LogP contribution in [0.3, 0.4) is 0 Å². The Morgan fingerprint density at radius 3 is 1.82 bits per heavy atom. The molecule has 4 atom stereocenters. The van der Waals surface area contributed by atoms with Gasteiger partial charge >= 0.3 is 5.97 Å². The van der Waals surface area contributed by atoms with Gasteiger partial charge in [-0.25, -0.2) is 9.78 Å². The van der Waals surface area contributed by atoms with Gasteiger partial charge in [0.25, 0.3) is 0 Å². The molecule has 0 aliphatic heterocycles. The van der Waals surface area contributed by atoms with Gasteiger partial charge < -0.3 is 49.0 Å². The van der Waals surface area contributed by atoms with Crippen LogP contribution in [-0.4, -0.2) is 81.9 Å². The number of unbranched alkanes of at least 4 members (excludes halogenated alkanes) is 2. The SMILES string of the molecule is NCCCCC(NC(=O)C(N)CCC(N)=O)C(=O)NC(CCCCN)C(=O)NC(Cc1cnc[nH]1)C(=O)O. The third-order valence-corrected chi connectivity index (χ3v) is 5.79. The number of rotatable bonds is 20. The lowest BCUT2D eigenvalue weighted by Crippen LogP contribution is -2.57. The summed E-state index contributed by atoms with van der Waals surface area (Å²) >= 11 is 0. The molecule has 0 saturated carbocycles. The number of amides is 4. The Hall–Kier alpha value is -3.56. The summed E-state index contributed by atoms with van der Waals surface area (Å²) in [5.74, 6) is -3.83. The fourth-order valence-electron chi connectivity index (χ4n) is 3.59. The third-order valence-electron chi connectivity index (χ3n) is 5.79. The van der Waals surface area contributed by atoms with Gasteiger partial charge in [0.15, 0.2) is 0 Å². The second-order valence-corrected chi connectivity index (χ2v) is 8.98. The van der Waals surface area contributed by atoms with Crippen LogP contribution in [0.4, 0.5) is 0 Å². The van der Waals surface area contributed by atoms with Gasteiger partial charge in [0, 0.05) is 24.7 Å². The molecule has 0 radical (unpaired) electrons. The Morgan fingerprint density at radius 2 is 1.37 bits per heavy atom. The second kappa shape index (κ2) is 17.8. The van der Waals surface area contributed by atoms with Crippen molar-refractivity contribution in [3.8, 4) is 0 Å². The summed E-state index contributed by atoms with van der Waals surface area (Å²) in [5.41, 5.74) is 22.5. The first-order valence-electron chi connectivity index (χ1n) is 12.6. The number of imidazole rings is 1. The third kappa shape index (κ3) is 12.6. The van der Waals surface area contributed by atoms with E-state index in [2.05, 4.69) is 25.9 Å². The molecule has 1 aromatic rings. The Bertz CT molecular complexity index is 896. The Kier molecular flexibility index (Phi) is 15.2. The maximum absolute atomic E-state index is 13.2. The molecule has 0 aliphatic carbocycles. The van der Waals surface area contributed by atoms with Crippen LogP contribution in [0.1, 0.15) is 57.1 Å². The van der Waals surface area contributed by atoms with Crippen LogP contribution in [0.15, 0.2) is 12.5 Å². The topological polar surface area (TPSA) is 274 Å². The zero-order valence-electron chi connectivity index (χ0n) is 21.5. The molecule has 0 spiro atoms. The van der Waals surface area contributed by atoms with E-state index in [9.17, 15) is 29.1 Å². The molecule has 15 heteroatoms. The number of nitrogens with one attached hydrogen (secondary N) is 4. The molecule has 13 N–H and O–H groups in total. The molecule has 0 aromatic carbocycles. The molecule has 1 aromatic heterocycles. The number of carbonyl (C=O) groups excluding carboxylic acids is 4. The van der Waals surface area contributed by atoms with Crippen LogP contribution in [0.2, 0.25) is 0 Å². The van der Waals surface area contributed by atoms with Gasteiger partial charge in [-0.3, -0.25) is 19.2 Å². The quantitative estimate of drug-likeness (QED) is 0.0775. The van der Waals surface area contributed by atoms with Crippen molar-refractivity contribution in [3.63, 3.8) is 0 Å². The van der Waals surface area contributed by atoms with Crippen LogP contribution in [0, 0.1) is 0 Å². The summed E-state index contributed by atoms with van der Waals surface area (Å²) in [6.07, 6.45) is 5.35. The molecule has 38 heavy (non-hydrogen) atoms. The number of aliphatic carboxylic acids is 1. The first kappa shape index (κ1) is 32.5. The van der Waals surface area contributed by atoms with Crippen molar-refractivity contribution in [2.24, 2.45) is 22.9 Å². The van der Waals surface area contributed by atoms with Crippen molar-refractivity contribution in [3.05, 3.63) is 18.2 Å². The van der Waals surface area contributed by atoms with E-state index < -0.39 is 53.8 Å². The van der Waals surface area contributed by atoms with Gasteiger partial charge in [0.1, 0.15) is 18.1 Å². The van der Waals surface area contributed by atoms with E-state index >= 15 is 0 Å². The van der Waals surface area contributed by atoms with E-state index in [1.165, 1.54) is 12.5 Å². The maximum Gasteiger partial charge on any atom is 0.326 e. The van der Waals surface area contributed by atoms with E-state index in [4.69, 9.17) is 22.9 Å². The first-order chi connectivity index (χ1) is 18.1. The average molecular weight is 540 g/mol. The highest BCUT2D eigenvalue weighted by molar-refractivity contribution is 5.94. The fourth-order valence-corrected chi connectivity index (χ4v) is 3.59. The summed E-state index contributed by atoms with van der Waals surface area (Å²) in [7, 11) is 0. The molecule has 4 amide bonds. The van der Waals surface area contributed by atoms with Crippen LogP contribution in [0.25, 0.3) is 0 Å². The van der Waals surface area contributed by atoms with E-state index in [1.54, 1.807) is 0 Å². The monoisotopic (exact) mass is 539 g/mol. The van der Waals surface area contributed by atoms with Gasteiger partial charge in [0.05, 0.1) is 12.4 Å². The molecular weight excluding hydrogens is 498 g/mol. The zero-order valence-corrected chi connectivity index (χ0v) is 21.5. The number of nitrogens with zero attached hydrogens (tertiary/aromatic N) is 1. The number of nitrogens with two attached hydrogens (primary N) is 4. The van der Waals surface area contributed by atoms with Crippen molar-refractivity contribution >= 4 is 29.6 Å². The Labute approximate surface area is 221 Å². The number of carboxylic acid groups (broad SMARTS) is 1. The maximum atomic E-state index is 13.2. The molecule has 4 unspecified atom stereocenters. The standard InChI is InChI=1S/C23H41N9O6/c24-9-3-1-5-16(30-20(34)15(26)7-8-19(27)33)21(35)31-17(6-2-4-10-25)22(36)32-18(23(37)38)11-14-12-28-13-29-14/h12-13,15-18H,1-11,24-26H2,(H2,27,33)(H,28,29)(H,30,34)(H,31,35)(H,32,36)(H,37,38). The lowest BCUT2D eigenvalue weighted by molar-refractivity contribution is -0.142. The van der Waals surface area contributed by atoms with Crippen LogP contribution < -0.4 is 38.9 Å². The van der Waals surface area contributed by atoms with Crippen LogP contribution >= 0.6 is 0 Å². The summed E-state index contributed by atoms with van der Waals surface area (Å²) in [6.45, 7) is 0.762. The predicted octanol–water partition coefficient (Wildman–Crippen LogP) is -2.66. The predicted molar refractivity (Wildman–Crippen MR) is 138 cm³/mol. The number of aromatic amines is 1. The number of H-pyrrole nitrogens is 1. The Balaban J connectivity index is 2.97.